The first-order valence-corrected chi connectivity index (χ1v) is 13.9. The van der Waals surface area contributed by atoms with E-state index >= 15 is 0 Å². The van der Waals surface area contributed by atoms with E-state index < -0.39 is 28.1 Å². The van der Waals surface area contributed by atoms with Crippen LogP contribution in [-0.2, 0) is 14.9 Å². The number of nitrogens with one attached hydrogen (secondary N) is 1. The maximum absolute atomic E-state index is 12.3. The molecular weight excluding hydrogens is 465 g/mol. The number of carbonyl (C=O) groups excluding carboxylic acids is 1. The van der Waals surface area contributed by atoms with Gasteiger partial charge in [-0.1, -0.05) is 70.8 Å². The molecule has 9 heteroatoms. The molecule has 0 heterocycles. The Morgan fingerprint density at radius 3 is 2.12 bits per heavy atom. The smallest absolute Gasteiger partial charge is 0.748 e. The SMILES string of the molecule is CCCCCCCCCCCCC(OC(=O)NCCCS(=O)(=O)[O-])c1ccc(OC)cc1C.[Na+]. The van der Waals surface area contributed by atoms with Crippen LogP contribution in [0.1, 0.15) is 101 Å². The standard InChI is InChI=1S/C25H43NO6S.Na/c1-4-5-6-7-8-9-10-11-12-13-15-24(23-17-16-22(31-3)20-21(23)2)32-25(27)26-18-14-19-33(28,29)30;/h16-17,20,24H,4-15,18-19H2,1-3H3,(H,26,27)(H,28,29,30);/q;+1/p-1. The summed E-state index contributed by atoms with van der Waals surface area (Å²) >= 11 is 0. The molecule has 0 aliphatic rings. The fraction of sp³-hybridized carbons (Fsp3) is 0.720. The quantitative estimate of drug-likeness (QED) is 0.186. The summed E-state index contributed by atoms with van der Waals surface area (Å²) < 4.78 is 43.0. The van der Waals surface area contributed by atoms with Crippen molar-refractivity contribution in [3.8, 4) is 5.75 Å². The molecule has 7 nitrogen and oxygen atoms in total. The molecule has 0 radical (unpaired) electrons. The van der Waals surface area contributed by atoms with Gasteiger partial charge in [-0.2, -0.15) is 0 Å². The van der Waals surface area contributed by atoms with Crippen LogP contribution in [0.15, 0.2) is 18.2 Å². The van der Waals surface area contributed by atoms with Gasteiger partial charge in [-0.3, -0.25) is 0 Å². The topological polar surface area (TPSA) is 105 Å². The summed E-state index contributed by atoms with van der Waals surface area (Å²) in [5.41, 5.74) is 1.92. The summed E-state index contributed by atoms with van der Waals surface area (Å²) in [6, 6.07) is 5.70. The zero-order valence-electron chi connectivity index (χ0n) is 21.6. The molecule has 1 aromatic rings. The van der Waals surface area contributed by atoms with Crippen LogP contribution in [0.4, 0.5) is 4.79 Å². The number of ether oxygens (including phenoxy) is 2. The molecule has 0 spiro atoms. The summed E-state index contributed by atoms with van der Waals surface area (Å²) in [6.45, 7) is 4.27. The zero-order valence-corrected chi connectivity index (χ0v) is 24.4. The number of unbranched alkanes of at least 4 members (excludes halogenated alkanes) is 9. The van der Waals surface area contributed by atoms with Gasteiger partial charge < -0.3 is 19.3 Å². The van der Waals surface area contributed by atoms with Gasteiger partial charge in [0.05, 0.1) is 17.2 Å². The zero-order chi connectivity index (χ0) is 24.5. The third-order valence-electron chi connectivity index (χ3n) is 5.73. The van der Waals surface area contributed by atoms with Crippen LogP contribution in [0.5, 0.6) is 5.75 Å². The molecule has 0 saturated heterocycles. The Morgan fingerprint density at radius 1 is 1.00 bits per heavy atom. The van der Waals surface area contributed by atoms with Crippen LogP contribution in [0.2, 0.25) is 0 Å². The normalized spacial score (nSPS) is 12.0. The third-order valence-corrected chi connectivity index (χ3v) is 6.52. The average molecular weight is 508 g/mol. The monoisotopic (exact) mass is 507 g/mol. The molecule has 0 aliphatic heterocycles. The van der Waals surface area contributed by atoms with Crippen molar-refractivity contribution in [3.63, 3.8) is 0 Å². The van der Waals surface area contributed by atoms with Crippen LogP contribution in [-0.4, -0.2) is 38.5 Å². The van der Waals surface area contributed by atoms with Crippen LogP contribution in [0, 0.1) is 6.92 Å². The number of amides is 1. The van der Waals surface area contributed by atoms with Gasteiger partial charge in [-0.05, 0) is 49.4 Å². The Hall–Kier alpha value is -0.800. The second kappa shape index (κ2) is 19.4. The number of hydrogen-bond acceptors (Lipinski definition) is 6. The molecular formula is C25H42NNaO6S. The van der Waals surface area contributed by atoms with Crippen molar-refractivity contribution >= 4 is 16.2 Å². The minimum Gasteiger partial charge on any atom is -0.748 e. The Bertz CT molecular complexity index is 788. The fourth-order valence-corrected chi connectivity index (χ4v) is 4.34. The average Bonchev–Trinajstić information content (AvgIpc) is 2.76. The van der Waals surface area contributed by atoms with Gasteiger partial charge in [0.25, 0.3) is 0 Å². The van der Waals surface area contributed by atoms with Crippen molar-refractivity contribution in [1.82, 2.24) is 5.32 Å². The predicted molar refractivity (Wildman–Crippen MR) is 131 cm³/mol. The van der Waals surface area contributed by atoms with E-state index in [4.69, 9.17) is 9.47 Å². The van der Waals surface area contributed by atoms with E-state index in [1.165, 1.54) is 51.4 Å². The van der Waals surface area contributed by atoms with Gasteiger partial charge in [0.15, 0.2) is 0 Å². The van der Waals surface area contributed by atoms with Crippen molar-refractivity contribution in [2.24, 2.45) is 0 Å². The second-order valence-corrected chi connectivity index (χ2v) is 10.2. The predicted octanol–water partition coefficient (Wildman–Crippen LogP) is 3.02. The minimum absolute atomic E-state index is 0. The Kier molecular flexibility index (Phi) is 18.9. The molecule has 1 rings (SSSR count). The maximum Gasteiger partial charge on any atom is 1.00 e. The Morgan fingerprint density at radius 2 is 1.59 bits per heavy atom. The number of methoxy groups -OCH3 is 1. The van der Waals surface area contributed by atoms with Gasteiger partial charge >= 0.3 is 35.7 Å². The summed E-state index contributed by atoms with van der Waals surface area (Å²) in [6.07, 6.45) is 12.1. The first kappa shape index (κ1) is 33.2. The number of rotatable bonds is 18. The summed E-state index contributed by atoms with van der Waals surface area (Å²) in [5.74, 6) is 0.240. The molecule has 1 unspecified atom stereocenters. The van der Waals surface area contributed by atoms with E-state index in [0.29, 0.717) is 6.42 Å². The third kappa shape index (κ3) is 16.0. The van der Waals surface area contributed by atoms with Crippen LogP contribution in [0.3, 0.4) is 0 Å². The van der Waals surface area contributed by atoms with Crippen LogP contribution >= 0.6 is 0 Å². The fourth-order valence-electron chi connectivity index (χ4n) is 3.84. The molecule has 1 atom stereocenters. The van der Waals surface area contributed by atoms with E-state index in [1.54, 1.807) is 7.11 Å². The molecule has 1 aromatic carbocycles. The first-order chi connectivity index (χ1) is 15.8. The summed E-state index contributed by atoms with van der Waals surface area (Å²) in [5, 5.41) is 2.55. The van der Waals surface area contributed by atoms with Crippen molar-refractivity contribution in [1.29, 1.82) is 0 Å². The summed E-state index contributed by atoms with van der Waals surface area (Å²) in [7, 11) is -2.67. The van der Waals surface area contributed by atoms with Crippen molar-refractivity contribution in [2.45, 2.75) is 97.0 Å². The van der Waals surface area contributed by atoms with Crippen LogP contribution in [0.25, 0.3) is 0 Å². The van der Waals surface area contributed by atoms with Gasteiger partial charge in [0.1, 0.15) is 11.9 Å². The van der Waals surface area contributed by atoms with Gasteiger partial charge in [0, 0.05) is 12.3 Å². The van der Waals surface area contributed by atoms with Gasteiger partial charge in [-0.25, -0.2) is 13.2 Å². The molecule has 0 aliphatic carbocycles. The molecule has 0 bridgehead atoms. The molecule has 1 amide bonds. The van der Waals surface area contributed by atoms with E-state index in [9.17, 15) is 17.8 Å². The number of benzene rings is 1. The van der Waals surface area contributed by atoms with E-state index in [0.717, 1.165) is 29.7 Å². The number of hydrogen-bond donors (Lipinski definition) is 1. The number of alkyl carbamates (subject to hydrolysis) is 1. The van der Waals surface area contributed by atoms with Crippen molar-refractivity contribution in [2.75, 3.05) is 19.4 Å². The van der Waals surface area contributed by atoms with E-state index in [1.807, 2.05) is 25.1 Å². The number of aryl methyl sites for hydroxylation is 1. The minimum atomic E-state index is -4.28. The molecule has 34 heavy (non-hydrogen) atoms. The molecule has 0 saturated carbocycles. The largest absolute Gasteiger partial charge is 1.00 e. The van der Waals surface area contributed by atoms with Crippen molar-refractivity contribution in [3.05, 3.63) is 29.3 Å². The number of carbonyl (C=O) groups is 1. The molecule has 190 valence electrons. The molecule has 0 aromatic heterocycles. The van der Waals surface area contributed by atoms with E-state index in [-0.39, 0.29) is 42.5 Å². The van der Waals surface area contributed by atoms with Gasteiger partial charge in [-0.15, -0.1) is 0 Å². The summed E-state index contributed by atoms with van der Waals surface area (Å²) in [4.78, 5) is 12.3. The first-order valence-electron chi connectivity index (χ1n) is 12.3. The van der Waals surface area contributed by atoms with E-state index in [2.05, 4.69) is 12.2 Å². The Labute approximate surface area is 228 Å². The Balaban J connectivity index is 0.0000109. The molecule has 0 fully saturated rings. The maximum atomic E-state index is 12.3. The van der Waals surface area contributed by atoms with Gasteiger partial charge in [0.2, 0.25) is 0 Å². The molecule has 1 N–H and O–H groups in total. The van der Waals surface area contributed by atoms with Crippen molar-refractivity contribution < 1.29 is 56.8 Å². The van der Waals surface area contributed by atoms with Crippen LogP contribution < -0.4 is 39.6 Å². The second-order valence-electron chi connectivity index (χ2n) is 8.63.